The topological polar surface area (TPSA) is 41.1 Å². The molecule has 3 rings (SSSR count). The van der Waals surface area contributed by atoms with Gasteiger partial charge in [-0.3, -0.25) is 4.79 Å². The fraction of sp³-hybridized carbons (Fsp3) is 0.933. The van der Waals surface area contributed by atoms with E-state index in [1.165, 1.54) is 19.3 Å². The number of hydrogen-bond acceptors (Lipinski definition) is 2. The Bertz CT molecular complexity index is 312. The van der Waals surface area contributed by atoms with Crippen molar-refractivity contribution in [2.24, 2.45) is 29.6 Å². The summed E-state index contributed by atoms with van der Waals surface area (Å²) < 4.78 is 0. The van der Waals surface area contributed by atoms with Crippen LogP contribution in [0.4, 0.5) is 0 Å². The smallest absolute Gasteiger partial charge is 0.233 e. The molecule has 3 aliphatic rings. The van der Waals surface area contributed by atoms with Gasteiger partial charge in [0.2, 0.25) is 5.91 Å². The molecule has 2 N–H and O–H groups in total. The number of nitrogens with one attached hydrogen (secondary N) is 2. The lowest BCUT2D eigenvalue weighted by Gasteiger charge is -2.11. The van der Waals surface area contributed by atoms with E-state index in [9.17, 15) is 4.79 Å². The zero-order valence-electron chi connectivity index (χ0n) is 11.6. The van der Waals surface area contributed by atoms with Gasteiger partial charge in [-0.25, -0.2) is 0 Å². The lowest BCUT2D eigenvalue weighted by atomic mass is 10.0. The van der Waals surface area contributed by atoms with Gasteiger partial charge in [0.25, 0.3) is 0 Å². The fourth-order valence-electron chi connectivity index (χ4n) is 4.37. The maximum absolute atomic E-state index is 11.7. The van der Waals surface area contributed by atoms with Crippen molar-refractivity contribution >= 4 is 5.91 Å². The average molecular weight is 250 g/mol. The highest BCUT2D eigenvalue weighted by Crippen LogP contribution is 2.65. The first-order valence-electron chi connectivity index (χ1n) is 7.67. The van der Waals surface area contributed by atoms with Crippen LogP contribution >= 0.6 is 0 Å². The third-order valence-corrected chi connectivity index (χ3v) is 5.28. The summed E-state index contributed by atoms with van der Waals surface area (Å²) in [5, 5.41) is 6.48. The van der Waals surface area contributed by atoms with Crippen molar-refractivity contribution in [3.63, 3.8) is 0 Å². The molecule has 18 heavy (non-hydrogen) atoms. The minimum absolute atomic E-state index is 0.174. The van der Waals surface area contributed by atoms with E-state index in [2.05, 4.69) is 24.5 Å². The van der Waals surface area contributed by atoms with Crippen molar-refractivity contribution in [3.05, 3.63) is 0 Å². The van der Waals surface area contributed by atoms with Crippen molar-refractivity contribution < 1.29 is 4.79 Å². The van der Waals surface area contributed by atoms with Crippen LogP contribution in [0.2, 0.25) is 0 Å². The first kappa shape index (κ1) is 12.5. The van der Waals surface area contributed by atoms with Gasteiger partial charge in [0, 0.05) is 12.6 Å². The summed E-state index contributed by atoms with van der Waals surface area (Å²) >= 11 is 0. The average Bonchev–Trinajstić information content (AvgIpc) is 2.71. The number of carbonyl (C=O) groups is 1. The van der Waals surface area contributed by atoms with E-state index >= 15 is 0 Å². The van der Waals surface area contributed by atoms with Gasteiger partial charge in [0.1, 0.15) is 0 Å². The second-order valence-corrected chi connectivity index (χ2v) is 6.93. The van der Waals surface area contributed by atoms with Gasteiger partial charge >= 0.3 is 0 Å². The van der Waals surface area contributed by atoms with Crippen molar-refractivity contribution in [1.82, 2.24) is 10.6 Å². The molecule has 0 aliphatic heterocycles. The molecule has 1 amide bonds. The molecule has 0 heterocycles. The number of hydrogen-bond donors (Lipinski definition) is 2. The molecule has 3 aliphatic carbocycles. The summed E-state index contributed by atoms with van der Waals surface area (Å²) in [5.74, 6) is 4.66. The molecule has 3 saturated carbocycles. The standard InChI is InChI=1S/C15H26N2O/c1-9(2)5-6-16-12(18)8-17-15-13-10-3-4-11(7-10)14(13)15/h9-11,13-15,17H,3-8H2,1-2H3,(H,16,18). The molecule has 2 bridgehead atoms. The molecule has 3 nitrogen and oxygen atoms in total. The van der Waals surface area contributed by atoms with Crippen LogP contribution in [-0.4, -0.2) is 25.0 Å². The summed E-state index contributed by atoms with van der Waals surface area (Å²) in [6, 6.07) is 0.673. The zero-order valence-corrected chi connectivity index (χ0v) is 11.6. The van der Waals surface area contributed by atoms with Crippen LogP contribution in [-0.2, 0) is 4.79 Å². The maximum atomic E-state index is 11.7. The minimum atomic E-state index is 0.174. The lowest BCUT2D eigenvalue weighted by molar-refractivity contribution is -0.120. The van der Waals surface area contributed by atoms with E-state index in [0.29, 0.717) is 18.5 Å². The van der Waals surface area contributed by atoms with Crippen molar-refractivity contribution in [1.29, 1.82) is 0 Å². The van der Waals surface area contributed by atoms with Crippen LogP contribution in [0.3, 0.4) is 0 Å². The Labute approximate surface area is 110 Å². The number of rotatable bonds is 6. The Morgan fingerprint density at radius 1 is 1.22 bits per heavy atom. The van der Waals surface area contributed by atoms with Gasteiger partial charge in [-0.05, 0) is 55.3 Å². The first-order chi connectivity index (χ1) is 8.66. The molecule has 0 radical (unpaired) electrons. The van der Waals surface area contributed by atoms with Crippen LogP contribution in [0.1, 0.15) is 39.5 Å². The monoisotopic (exact) mass is 250 g/mol. The quantitative estimate of drug-likeness (QED) is 0.754. The predicted molar refractivity (Wildman–Crippen MR) is 72.1 cm³/mol. The molecule has 4 unspecified atom stereocenters. The summed E-state index contributed by atoms with van der Waals surface area (Å²) in [6.45, 7) is 5.72. The summed E-state index contributed by atoms with van der Waals surface area (Å²) in [5.41, 5.74) is 0. The number of fused-ring (bicyclic) bond motifs is 5. The van der Waals surface area contributed by atoms with Gasteiger partial charge in [-0.2, -0.15) is 0 Å². The molecule has 3 fully saturated rings. The lowest BCUT2D eigenvalue weighted by Crippen LogP contribution is -2.37. The van der Waals surface area contributed by atoms with Gasteiger partial charge in [0.05, 0.1) is 6.54 Å². The normalized spacial score (nSPS) is 40.1. The van der Waals surface area contributed by atoms with Crippen LogP contribution in [0, 0.1) is 29.6 Å². The molecule has 0 aromatic rings. The predicted octanol–water partition coefficient (Wildman–Crippen LogP) is 1.78. The van der Waals surface area contributed by atoms with Gasteiger partial charge in [-0.15, -0.1) is 0 Å². The highest BCUT2D eigenvalue weighted by atomic mass is 16.1. The molecular weight excluding hydrogens is 224 g/mol. The molecule has 0 aromatic heterocycles. The third-order valence-electron chi connectivity index (χ3n) is 5.28. The highest BCUT2D eigenvalue weighted by Gasteiger charge is 2.64. The van der Waals surface area contributed by atoms with E-state index < -0.39 is 0 Å². The Balaban J connectivity index is 1.33. The van der Waals surface area contributed by atoms with Crippen LogP contribution in [0.5, 0.6) is 0 Å². The van der Waals surface area contributed by atoms with E-state index in [-0.39, 0.29) is 5.91 Å². The second kappa shape index (κ2) is 4.84. The van der Waals surface area contributed by atoms with Gasteiger partial charge in [-0.1, -0.05) is 13.8 Å². The van der Waals surface area contributed by atoms with Gasteiger partial charge in [0.15, 0.2) is 0 Å². The number of amides is 1. The summed E-state index contributed by atoms with van der Waals surface area (Å²) in [7, 11) is 0. The van der Waals surface area contributed by atoms with Crippen molar-refractivity contribution in [3.8, 4) is 0 Å². The Hall–Kier alpha value is -0.570. The van der Waals surface area contributed by atoms with Crippen LogP contribution < -0.4 is 10.6 Å². The van der Waals surface area contributed by atoms with Gasteiger partial charge < -0.3 is 10.6 Å². The Morgan fingerprint density at radius 2 is 1.89 bits per heavy atom. The molecule has 102 valence electrons. The van der Waals surface area contributed by atoms with Crippen molar-refractivity contribution in [2.75, 3.05) is 13.1 Å². The summed E-state index contributed by atoms with van der Waals surface area (Å²) in [6.07, 6.45) is 5.45. The molecule has 0 saturated heterocycles. The van der Waals surface area contributed by atoms with E-state index in [1.54, 1.807) is 0 Å². The highest BCUT2D eigenvalue weighted by molar-refractivity contribution is 5.78. The van der Waals surface area contributed by atoms with Crippen LogP contribution in [0.15, 0.2) is 0 Å². The summed E-state index contributed by atoms with van der Waals surface area (Å²) in [4.78, 5) is 11.7. The van der Waals surface area contributed by atoms with E-state index in [0.717, 1.165) is 36.6 Å². The first-order valence-corrected chi connectivity index (χ1v) is 7.67. The second-order valence-electron chi connectivity index (χ2n) is 6.93. The Morgan fingerprint density at radius 3 is 2.50 bits per heavy atom. The molecular formula is C15H26N2O. The largest absolute Gasteiger partial charge is 0.355 e. The molecule has 4 atom stereocenters. The molecule has 0 spiro atoms. The van der Waals surface area contributed by atoms with Crippen molar-refractivity contribution in [2.45, 2.75) is 45.6 Å². The third kappa shape index (κ3) is 2.29. The Kier molecular flexibility index (Phi) is 3.35. The SMILES string of the molecule is CC(C)CCNC(=O)CNC1C2C3CCC(C3)C12. The zero-order chi connectivity index (χ0) is 12.7. The molecule has 3 heteroatoms. The van der Waals surface area contributed by atoms with Crippen LogP contribution in [0.25, 0.3) is 0 Å². The number of carbonyl (C=O) groups excluding carboxylic acids is 1. The fourth-order valence-corrected chi connectivity index (χ4v) is 4.37. The minimum Gasteiger partial charge on any atom is -0.355 e. The molecule has 0 aromatic carbocycles. The van der Waals surface area contributed by atoms with E-state index in [1.807, 2.05) is 0 Å². The van der Waals surface area contributed by atoms with E-state index in [4.69, 9.17) is 0 Å². The maximum Gasteiger partial charge on any atom is 0.233 e.